The fourth-order valence-corrected chi connectivity index (χ4v) is 5.30. The first-order valence-corrected chi connectivity index (χ1v) is 8.57. The molecule has 0 bridgehead atoms. The predicted octanol–water partition coefficient (Wildman–Crippen LogP) is 2.83. The highest BCUT2D eigenvalue weighted by Crippen LogP contribution is 2.37. The van der Waals surface area contributed by atoms with E-state index in [1.54, 1.807) is 0 Å². The zero-order valence-electron chi connectivity index (χ0n) is 11.3. The molecule has 0 aromatic heterocycles. The number of rotatable bonds is 4. The fourth-order valence-electron chi connectivity index (χ4n) is 2.19. The summed E-state index contributed by atoms with van der Waals surface area (Å²) in [7, 11) is 0. The highest BCUT2D eigenvalue weighted by Gasteiger charge is 2.30. The van der Waals surface area contributed by atoms with Crippen molar-refractivity contribution in [2.24, 2.45) is 5.84 Å². The summed E-state index contributed by atoms with van der Waals surface area (Å²) in [6.45, 7) is 4.56. The predicted molar refractivity (Wildman–Crippen MR) is 84.0 cm³/mol. The Bertz CT molecular complexity index is 399. The molecule has 1 aromatic carbocycles. The van der Waals surface area contributed by atoms with Crippen LogP contribution in [0.4, 0.5) is 4.39 Å². The van der Waals surface area contributed by atoms with E-state index in [1.165, 1.54) is 12.1 Å². The summed E-state index contributed by atoms with van der Waals surface area (Å²) in [4.78, 5) is 0. The zero-order chi connectivity index (χ0) is 13.8. The standard InChI is InChI=1S/C14H21FN2S2/c1-9-10(2)19-14(8-18-9)13(17-16)7-11-3-5-12(15)6-4-11/h3-6,9-10,13-14,17H,7-8,16H2,1-2H3. The molecule has 5 heteroatoms. The van der Waals surface area contributed by atoms with Crippen molar-refractivity contribution in [2.45, 2.75) is 42.1 Å². The highest BCUT2D eigenvalue weighted by atomic mass is 32.2. The van der Waals surface area contributed by atoms with Gasteiger partial charge in [0.1, 0.15) is 5.82 Å². The fraction of sp³-hybridized carbons (Fsp3) is 0.571. The van der Waals surface area contributed by atoms with E-state index >= 15 is 0 Å². The SMILES string of the molecule is CC1SCC(C(Cc2ccc(F)cc2)NN)SC1C. The van der Waals surface area contributed by atoms with Crippen molar-refractivity contribution in [2.75, 3.05) is 5.75 Å². The van der Waals surface area contributed by atoms with Gasteiger partial charge in [0.25, 0.3) is 0 Å². The van der Waals surface area contributed by atoms with Gasteiger partial charge in [-0.05, 0) is 24.1 Å². The van der Waals surface area contributed by atoms with Gasteiger partial charge in [0.05, 0.1) is 0 Å². The van der Waals surface area contributed by atoms with Crippen LogP contribution < -0.4 is 11.3 Å². The highest BCUT2D eigenvalue weighted by molar-refractivity contribution is 8.07. The second-order valence-electron chi connectivity index (χ2n) is 5.02. The van der Waals surface area contributed by atoms with Crippen molar-refractivity contribution < 1.29 is 4.39 Å². The summed E-state index contributed by atoms with van der Waals surface area (Å²) in [6.07, 6.45) is 0.843. The number of nitrogens with two attached hydrogens (primary N) is 1. The van der Waals surface area contributed by atoms with Crippen LogP contribution in [0.15, 0.2) is 24.3 Å². The summed E-state index contributed by atoms with van der Waals surface area (Å²) in [6, 6.07) is 6.93. The summed E-state index contributed by atoms with van der Waals surface area (Å²) in [5, 5.41) is 1.85. The van der Waals surface area contributed by atoms with Crippen LogP contribution >= 0.6 is 23.5 Å². The molecule has 1 aliphatic rings. The molecule has 1 fully saturated rings. The third-order valence-corrected chi connectivity index (χ3v) is 7.16. The van der Waals surface area contributed by atoms with Crippen molar-refractivity contribution in [3.63, 3.8) is 0 Å². The molecule has 0 spiro atoms. The molecule has 0 aliphatic carbocycles. The molecular weight excluding hydrogens is 279 g/mol. The summed E-state index contributed by atoms with van der Waals surface area (Å²) in [5.74, 6) is 6.64. The lowest BCUT2D eigenvalue weighted by Gasteiger charge is -2.35. The van der Waals surface area contributed by atoms with E-state index in [4.69, 9.17) is 5.84 Å². The van der Waals surface area contributed by atoms with E-state index < -0.39 is 0 Å². The molecule has 2 nitrogen and oxygen atoms in total. The number of halogens is 1. The normalized spacial score (nSPS) is 29.2. The topological polar surface area (TPSA) is 38.0 Å². The molecule has 4 atom stereocenters. The Morgan fingerprint density at radius 3 is 2.58 bits per heavy atom. The molecule has 0 amide bonds. The molecule has 4 unspecified atom stereocenters. The van der Waals surface area contributed by atoms with Gasteiger partial charge in [-0.1, -0.05) is 26.0 Å². The van der Waals surface area contributed by atoms with Crippen molar-refractivity contribution in [1.29, 1.82) is 0 Å². The molecule has 2 rings (SSSR count). The van der Waals surface area contributed by atoms with Crippen LogP contribution in [0, 0.1) is 5.82 Å². The molecule has 1 aliphatic heterocycles. The first-order chi connectivity index (χ1) is 9.10. The first kappa shape index (κ1) is 15.2. The van der Waals surface area contributed by atoms with Crippen molar-refractivity contribution in [1.82, 2.24) is 5.43 Å². The van der Waals surface area contributed by atoms with Crippen molar-refractivity contribution >= 4 is 23.5 Å². The number of hydrogen-bond donors (Lipinski definition) is 2. The minimum absolute atomic E-state index is 0.189. The quantitative estimate of drug-likeness (QED) is 0.662. The van der Waals surface area contributed by atoms with E-state index in [2.05, 4.69) is 19.3 Å². The van der Waals surface area contributed by atoms with Crippen LogP contribution in [-0.4, -0.2) is 27.5 Å². The lowest BCUT2D eigenvalue weighted by molar-refractivity contribution is 0.520. The Hall–Kier alpha value is -0.230. The van der Waals surface area contributed by atoms with Crippen LogP contribution in [0.2, 0.25) is 0 Å². The minimum atomic E-state index is -0.189. The van der Waals surface area contributed by atoms with Gasteiger partial charge in [-0.3, -0.25) is 11.3 Å². The maximum absolute atomic E-state index is 12.9. The first-order valence-electron chi connectivity index (χ1n) is 6.57. The van der Waals surface area contributed by atoms with Crippen LogP contribution in [0.5, 0.6) is 0 Å². The van der Waals surface area contributed by atoms with Gasteiger partial charge in [-0.2, -0.15) is 23.5 Å². The smallest absolute Gasteiger partial charge is 0.123 e. The third kappa shape index (κ3) is 4.12. The van der Waals surface area contributed by atoms with Crippen molar-refractivity contribution in [3.8, 4) is 0 Å². The van der Waals surface area contributed by atoms with E-state index in [0.717, 1.165) is 17.7 Å². The van der Waals surface area contributed by atoms with Crippen LogP contribution in [0.25, 0.3) is 0 Å². The Morgan fingerprint density at radius 1 is 1.32 bits per heavy atom. The maximum Gasteiger partial charge on any atom is 0.123 e. The lowest BCUT2D eigenvalue weighted by Crippen LogP contribution is -2.47. The number of hydrazine groups is 1. The van der Waals surface area contributed by atoms with E-state index in [0.29, 0.717) is 15.7 Å². The van der Waals surface area contributed by atoms with Gasteiger partial charge in [0.15, 0.2) is 0 Å². The number of thioether (sulfide) groups is 2. The van der Waals surface area contributed by atoms with E-state index in [1.807, 2.05) is 35.7 Å². The Balaban J connectivity index is 1.98. The molecular formula is C14H21FN2S2. The molecule has 1 aromatic rings. The Kier molecular flexibility index (Phi) is 5.57. The van der Waals surface area contributed by atoms with Gasteiger partial charge in [-0.15, -0.1) is 0 Å². The zero-order valence-corrected chi connectivity index (χ0v) is 12.9. The Labute approximate surface area is 123 Å². The largest absolute Gasteiger partial charge is 0.271 e. The molecule has 19 heavy (non-hydrogen) atoms. The van der Waals surface area contributed by atoms with Gasteiger partial charge in [0, 0.05) is 27.5 Å². The van der Waals surface area contributed by atoms with Crippen LogP contribution in [-0.2, 0) is 6.42 Å². The van der Waals surface area contributed by atoms with E-state index in [9.17, 15) is 4.39 Å². The number of hydrogen-bond acceptors (Lipinski definition) is 4. The maximum atomic E-state index is 12.9. The third-order valence-electron chi connectivity index (χ3n) is 3.61. The Morgan fingerprint density at radius 2 is 2.00 bits per heavy atom. The summed E-state index contributed by atoms with van der Waals surface area (Å²) < 4.78 is 12.9. The lowest BCUT2D eigenvalue weighted by atomic mass is 10.0. The van der Waals surface area contributed by atoms with Gasteiger partial charge in [0.2, 0.25) is 0 Å². The summed E-state index contributed by atoms with van der Waals surface area (Å²) >= 11 is 4.03. The second-order valence-corrected chi connectivity index (χ2v) is 8.05. The monoisotopic (exact) mass is 300 g/mol. The molecule has 1 heterocycles. The average Bonchev–Trinajstić information content (AvgIpc) is 2.41. The number of nitrogens with one attached hydrogen (secondary N) is 1. The summed E-state index contributed by atoms with van der Waals surface area (Å²) in [5.41, 5.74) is 4.07. The molecule has 1 saturated heterocycles. The molecule has 106 valence electrons. The molecule has 3 N–H and O–H groups in total. The molecule has 0 saturated carbocycles. The number of benzene rings is 1. The van der Waals surface area contributed by atoms with Gasteiger partial charge >= 0.3 is 0 Å². The van der Waals surface area contributed by atoms with Crippen LogP contribution in [0.1, 0.15) is 19.4 Å². The second kappa shape index (κ2) is 6.97. The molecule has 0 radical (unpaired) electrons. The van der Waals surface area contributed by atoms with E-state index in [-0.39, 0.29) is 11.9 Å². The minimum Gasteiger partial charge on any atom is -0.271 e. The van der Waals surface area contributed by atoms with Crippen molar-refractivity contribution in [3.05, 3.63) is 35.6 Å². The van der Waals surface area contributed by atoms with Gasteiger partial charge < -0.3 is 0 Å². The van der Waals surface area contributed by atoms with Gasteiger partial charge in [-0.25, -0.2) is 4.39 Å². The average molecular weight is 300 g/mol. The van der Waals surface area contributed by atoms with Crippen LogP contribution in [0.3, 0.4) is 0 Å².